The third kappa shape index (κ3) is 8.67. The second kappa shape index (κ2) is 13.7. The number of H-pyrrole nitrogens is 1. The van der Waals surface area contributed by atoms with E-state index in [0.717, 1.165) is 35.4 Å². The lowest BCUT2D eigenvalue weighted by Gasteiger charge is -2.10. The number of hydrogen-bond acceptors (Lipinski definition) is 6. The van der Waals surface area contributed by atoms with E-state index in [9.17, 15) is 9.59 Å². The summed E-state index contributed by atoms with van der Waals surface area (Å²) in [6.45, 7) is 1.45. The van der Waals surface area contributed by atoms with Gasteiger partial charge in [-0.2, -0.15) is 5.10 Å². The van der Waals surface area contributed by atoms with Gasteiger partial charge in [-0.05, 0) is 66.8 Å². The van der Waals surface area contributed by atoms with E-state index in [1.165, 1.54) is 10.2 Å². The number of carbonyl (C=O) groups is 2. The zero-order valence-corrected chi connectivity index (χ0v) is 21.6. The van der Waals surface area contributed by atoms with Crippen LogP contribution in [-0.4, -0.2) is 43.3 Å². The molecule has 4 aromatic rings. The quantitative estimate of drug-likeness (QED) is 0.184. The third-order valence-corrected chi connectivity index (χ3v) is 6.11. The average Bonchev–Trinajstić information content (AvgIpc) is 3.45. The lowest BCUT2D eigenvalue weighted by Crippen LogP contribution is -2.26. The number of aliphatic carboxylic acids is 1. The van der Waals surface area contributed by atoms with E-state index < -0.39 is 5.97 Å². The molecule has 0 unspecified atom stereocenters. The van der Waals surface area contributed by atoms with Crippen molar-refractivity contribution in [2.45, 2.75) is 45.3 Å². The van der Waals surface area contributed by atoms with E-state index in [1.807, 2.05) is 24.3 Å². The van der Waals surface area contributed by atoms with Gasteiger partial charge < -0.3 is 20.1 Å². The van der Waals surface area contributed by atoms with Gasteiger partial charge >= 0.3 is 5.97 Å². The molecule has 39 heavy (non-hydrogen) atoms. The van der Waals surface area contributed by atoms with Gasteiger partial charge in [0.1, 0.15) is 17.8 Å². The maximum atomic E-state index is 11.9. The predicted octanol–water partition coefficient (Wildman–Crippen LogP) is 3.49. The van der Waals surface area contributed by atoms with Crippen molar-refractivity contribution in [3.8, 4) is 17.0 Å². The summed E-state index contributed by atoms with van der Waals surface area (Å²) in [5.74, 6) is -0.136. The largest absolute Gasteiger partial charge is 0.489 e. The highest BCUT2D eigenvalue weighted by molar-refractivity contribution is 5.77. The van der Waals surface area contributed by atoms with Gasteiger partial charge in [-0.3, -0.25) is 15.0 Å². The van der Waals surface area contributed by atoms with E-state index in [1.54, 1.807) is 24.7 Å². The first-order chi connectivity index (χ1) is 19.0. The van der Waals surface area contributed by atoms with E-state index in [0.29, 0.717) is 38.2 Å². The van der Waals surface area contributed by atoms with Gasteiger partial charge in [0.25, 0.3) is 0 Å². The number of ether oxygens (including phenoxy) is 1. The summed E-state index contributed by atoms with van der Waals surface area (Å²) >= 11 is 0. The first-order valence-corrected chi connectivity index (χ1v) is 12.9. The van der Waals surface area contributed by atoms with Gasteiger partial charge in [0, 0.05) is 37.0 Å². The molecule has 0 aliphatic rings. The predicted molar refractivity (Wildman–Crippen MR) is 145 cm³/mol. The molecule has 0 saturated carbocycles. The number of benzene rings is 2. The molecule has 10 heteroatoms. The Morgan fingerprint density at radius 2 is 1.77 bits per heavy atom. The molecule has 0 radical (unpaired) electrons. The molecule has 10 nitrogen and oxygen atoms in total. The zero-order valence-electron chi connectivity index (χ0n) is 21.6. The van der Waals surface area contributed by atoms with Crippen LogP contribution in [0.15, 0.2) is 73.2 Å². The monoisotopic (exact) mass is 528 g/mol. The fraction of sp³-hybridized carbons (Fsp3) is 0.276. The minimum atomic E-state index is -0.857. The molecule has 4 N–H and O–H groups in total. The molecule has 1 amide bonds. The highest BCUT2D eigenvalue weighted by atomic mass is 16.5. The number of nitrogens with one attached hydrogen (secondary N) is 3. The Hall–Kier alpha value is -4.73. The number of nitrogens with zero attached hydrogens (tertiary/aromatic N) is 3. The van der Waals surface area contributed by atoms with Crippen LogP contribution < -0.4 is 15.5 Å². The molecule has 0 aliphatic carbocycles. The Bertz CT molecular complexity index is 1410. The number of aromatic nitrogens is 4. The van der Waals surface area contributed by atoms with Crippen molar-refractivity contribution in [2.75, 3.05) is 6.54 Å². The number of carbonyl (C=O) groups excluding carboxylic acids is 1. The Labute approximate surface area is 226 Å². The van der Waals surface area contributed by atoms with Crippen LogP contribution in [0.2, 0.25) is 0 Å². The number of carboxylic acids is 1. The van der Waals surface area contributed by atoms with E-state index in [-0.39, 0.29) is 17.8 Å². The molecule has 0 bridgehead atoms. The fourth-order valence-corrected chi connectivity index (χ4v) is 3.99. The van der Waals surface area contributed by atoms with Crippen molar-refractivity contribution >= 4 is 11.9 Å². The lowest BCUT2D eigenvalue weighted by molar-refractivity contribution is -0.137. The van der Waals surface area contributed by atoms with Crippen LogP contribution in [0.4, 0.5) is 0 Å². The molecule has 0 aliphatic heterocycles. The highest BCUT2D eigenvalue weighted by Gasteiger charge is 2.06. The highest BCUT2D eigenvalue weighted by Crippen LogP contribution is 2.21. The summed E-state index contributed by atoms with van der Waals surface area (Å²) in [6.07, 6.45) is 5.73. The average molecular weight is 529 g/mol. The molecule has 0 atom stereocenters. The summed E-state index contributed by atoms with van der Waals surface area (Å²) in [5.41, 5.74) is 4.90. The summed E-state index contributed by atoms with van der Waals surface area (Å²) < 4.78 is 7.46. The Morgan fingerprint density at radius 3 is 2.49 bits per heavy atom. The zero-order chi connectivity index (χ0) is 27.5. The third-order valence-electron chi connectivity index (χ3n) is 6.11. The second-order valence-electron chi connectivity index (χ2n) is 9.16. The van der Waals surface area contributed by atoms with Crippen LogP contribution in [0.5, 0.6) is 5.75 Å². The molecule has 0 fully saturated rings. The van der Waals surface area contributed by atoms with Crippen molar-refractivity contribution in [3.05, 3.63) is 95.5 Å². The van der Waals surface area contributed by atoms with Crippen LogP contribution in [0, 0.1) is 5.41 Å². The Kier molecular flexibility index (Phi) is 9.60. The molecule has 0 saturated heterocycles. The SMILES string of the molecule is N=c1ccc(-c2ccc(OCc3ccc(CCCNC(=O)Cc4cnc[nH]4)cc3)cc2)nn1CCCC(=O)O. The van der Waals surface area contributed by atoms with Gasteiger partial charge in [0.15, 0.2) is 0 Å². The minimum Gasteiger partial charge on any atom is -0.489 e. The molecule has 0 spiro atoms. The van der Waals surface area contributed by atoms with Crippen LogP contribution in [0.25, 0.3) is 11.3 Å². The second-order valence-corrected chi connectivity index (χ2v) is 9.16. The molecule has 2 aromatic carbocycles. The van der Waals surface area contributed by atoms with Crippen LogP contribution >= 0.6 is 0 Å². The van der Waals surface area contributed by atoms with Gasteiger partial charge in [0.2, 0.25) is 5.91 Å². The van der Waals surface area contributed by atoms with Crippen molar-refractivity contribution in [3.63, 3.8) is 0 Å². The molecule has 4 rings (SSSR count). The number of aryl methyl sites for hydroxylation is 2. The molecule has 2 aromatic heterocycles. The van der Waals surface area contributed by atoms with Crippen LogP contribution in [0.1, 0.15) is 36.1 Å². The Balaban J connectivity index is 1.21. The van der Waals surface area contributed by atoms with Crippen molar-refractivity contribution in [1.29, 1.82) is 5.41 Å². The van der Waals surface area contributed by atoms with Gasteiger partial charge in [0.05, 0.1) is 18.4 Å². The maximum absolute atomic E-state index is 11.9. The maximum Gasteiger partial charge on any atom is 0.303 e. The van der Waals surface area contributed by atoms with Crippen molar-refractivity contribution in [1.82, 2.24) is 25.1 Å². The topological polar surface area (TPSA) is 146 Å². The molecular formula is C29H32N6O4. The first kappa shape index (κ1) is 27.3. The number of amides is 1. The molecular weight excluding hydrogens is 496 g/mol. The smallest absolute Gasteiger partial charge is 0.303 e. The molecule has 202 valence electrons. The van der Waals surface area contributed by atoms with Crippen molar-refractivity contribution < 1.29 is 19.4 Å². The van der Waals surface area contributed by atoms with Gasteiger partial charge in [-0.15, -0.1) is 0 Å². The molecule has 2 heterocycles. The fourth-order valence-electron chi connectivity index (χ4n) is 3.99. The number of carboxylic acid groups (broad SMARTS) is 1. The standard InChI is InChI=1S/C29H32N6O4/c30-27-14-13-26(34-35(27)16-2-4-29(37)38)23-9-11-25(12-10-23)39-19-22-7-5-21(6-8-22)3-1-15-32-28(36)17-24-18-31-20-33-24/h5-14,18,20,30H,1-4,15-17,19H2,(H,31,33)(H,32,36)(H,37,38). The summed E-state index contributed by atoms with van der Waals surface area (Å²) in [5, 5.41) is 24.3. The first-order valence-electron chi connectivity index (χ1n) is 12.9. The lowest BCUT2D eigenvalue weighted by atomic mass is 10.1. The number of rotatable bonds is 14. The number of hydrogen-bond donors (Lipinski definition) is 4. The van der Waals surface area contributed by atoms with Crippen LogP contribution in [-0.2, 0) is 35.6 Å². The summed E-state index contributed by atoms with van der Waals surface area (Å²) in [4.78, 5) is 29.5. The van der Waals surface area contributed by atoms with E-state index in [2.05, 4.69) is 44.6 Å². The number of aromatic amines is 1. The minimum absolute atomic E-state index is 0.0153. The summed E-state index contributed by atoms with van der Waals surface area (Å²) in [6, 6.07) is 19.3. The van der Waals surface area contributed by atoms with Crippen molar-refractivity contribution in [2.24, 2.45) is 0 Å². The number of imidazole rings is 1. The van der Waals surface area contributed by atoms with E-state index >= 15 is 0 Å². The Morgan fingerprint density at radius 1 is 1.00 bits per heavy atom. The normalized spacial score (nSPS) is 10.8. The van der Waals surface area contributed by atoms with Crippen LogP contribution in [0.3, 0.4) is 0 Å². The summed E-state index contributed by atoms with van der Waals surface area (Å²) in [7, 11) is 0. The van der Waals surface area contributed by atoms with Gasteiger partial charge in [-0.1, -0.05) is 24.3 Å². The van der Waals surface area contributed by atoms with E-state index in [4.69, 9.17) is 15.3 Å². The van der Waals surface area contributed by atoms with Gasteiger partial charge in [-0.25, -0.2) is 9.67 Å².